The van der Waals surface area contributed by atoms with Gasteiger partial charge in [-0.25, -0.2) is 0 Å². The fourth-order valence-electron chi connectivity index (χ4n) is 2.61. The molecule has 4 heteroatoms. The second kappa shape index (κ2) is 7.74. The van der Waals surface area contributed by atoms with Gasteiger partial charge in [0.05, 0.1) is 6.61 Å². The number of ether oxygens (including phenoxy) is 1. The van der Waals surface area contributed by atoms with Gasteiger partial charge in [-0.2, -0.15) is 0 Å². The van der Waals surface area contributed by atoms with Crippen LogP contribution in [0, 0.1) is 5.41 Å². The Morgan fingerprint density at radius 2 is 2.11 bits per heavy atom. The molecule has 0 bridgehead atoms. The third-order valence-electron chi connectivity index (χ3n) is 3.88. The zero-order valence-corrected chi connectivity index (χ0v) is 12.1. The van der Waals surface area contributed by atoms with E-state index in [2.05, 4.69) is 24.5 Å². The first-order chi connectivity index (χ1) is 8.56. The molecule has 1 unspecified atom stereocenters. The number of rotatable bonds is 7. The molecule has 1 aliphatic rings. The summed E-state index contributed by atoms with van der Waals surface area (Å²) in [6.45, 7) is 6.59. The van der Waals surface area contributed by atoms with Gasteiger partial charge in [0, 0.05) is 32.7 Å². The van der Waals surface area contributed by atoms with Crippen molar-refractivity contribution in [1.82, 2.24) is 10.6 Å². The molecule has 0 saturated heterocycles. The van der Waals surface area contributed by atoms with Gasteiger partial charge in [0.25, 0.3) is 0 Å². The lowest BCUT2D eigenvalue weighted by Gasteiger charge is -2.39. The molecule has 106 valence electrons. The summed E-state index contributed by atoms with van der Waals surface area (Å²) in [5, 5.41) is 6.38. The predicted molar refractivity (Wildman–Crippen MR) is 73.5 cm³/mol. The van der Waals surface area contributed by atoms with E-state index in [0.29, 0.717) is 31.0 Å². The average Bonchev–Trinajstić information content (AvgIpc) is 2.31. The van der Waals surface area contributed by atoms with Crippen LogP contribution in [0.5, 0.6) is 0 Å². The molecule has 1 aliphatic carbocycles. The van der Waals surface area contributed by atoms with E-state index in [4.69, 9.17) is 4.74 Å². The predicted octanol–water partition coefficient (Wildman–Crippen LogP) is 1.70. The van der Waals surface area contributed by atoms with Gasteiger partial charge >= 0.3 is 0 Å². The molecule has 0 spiro atoms. The monoisotopic (exact) mass is 256 g/mol. The summed E-state index contributed by atoms with van der Waals surface area (Å²) >= 11 is 0. The van der Waals surface area contributed by atoms with Crippen molar-refractivity contribution in [2.45, 2.75) is 52.0 Å². The SMILES string of the molecule is COCCNC(=O)CCNC1CCCCC1(C)C. The Kier molecular flexibility index (Phi) is 6.65. The first-order valence-electron chi connectivity index (χ1n) is 7.05. The highest BCUT2D eigenvalue weighted by atomic mass is 16.5. The van der Waals surface area contributed by atoms with E-state index in [9.17, 15) is 4.79 Å². The van der Waals surface area contributed by atoms with E-state index in [1.165, 1.54) is 25.7 Å². The molecule has 0 aromatic carbocycles. The number of nitrogens with one attached hydrogen (secondary N) is 2. The van der Waals surface area contributed by atoms with Crippen LogP contribution in [0.25, 0.3) is 0 Å². The molecule has 0 radical (unpaired) electrons. The average molecular weight is 256 g/mol. The van der Waals surface area contributed by atoms with Crippen molar-refractivity contribution in [3.63, 3.8) is 0 Å². The van der Waals surface area contributed by atoms with Crippen molar-refractivity contribution >= 4 is 5.91 Å². The maximum atomic E-state index is 11.5. The van der Waals surface area contributed by atoms with E-state index in [0.717, 1.165) is 6.54 Å². The molecule has 18 heavy (non-hydrogen) atoms. The molecule has 2 N–H and O–H groups in total. The number of methoxy groups -OCH3 is 1. The number of carbonyl (C=O) groups is 1. The molecule has 0 heterocycles. The van der Waals surface area contributed by atoms with E-state index >= 15 is 0 Å². The Bertz CT molecular complexity index is 254. The summed E-state index contributed by atoms with van der Waals surface area (Å²) in [6, 6.07) is 0.554. The smallest absolute Gasteiger partial charge is 0.221 e. The molecule has 1 saturated carbocycles. The Balaban J connectivity index is 2.14. The molecule has 1 atom stereocenters. The van der Waals surface area contributed by atoms with Gasteiger partial charge in [0.1, 0.15) is 0 Å². The lowest BCUT2D eigenvalue weighted by atomic mass is 9.73. The first kappa shape index (κ1) is 15.4. The Morgan fingerprint density at radius 3 is 2.78 bits per heavy atom. The Hall–Kier alpha value is -0.610. The van der Waals surface area contributed by atoms with Crippen LogP contribution in [-0.4, -0.2) is 38.8 Å². The molecule has 1 rings (SSSR count). The van der Waals surface area contributed by atoms with E-state index in [1.807, 2.05) is 0 Å². The maximum absolute atomic E-state index is 11.5. The van der Waals surface area contributed by atoms with Crippen LogP contribution in [0.4, 0.5) is 0 Å². The Labute approximate surface area is 111 Å². The van der Waals surface area contributed by atoms with Crippen molar-refractivity contribution < 1.29 is 9.53 Å². The van der Waals surface area contributed by atoms with Gasteiger partial charge in [0.15, 0.2) is 0 Å². The molecule has 0 aromatic rings. The van der Waals surface area contributed by atoms with Gasteiger partial charge in [0.2, 0.25) is 5.91 Å². The zero-order valence-electron chi connectivity index (χ0n) is 12.1. The van der Waals surface area contributed by atoms with Crippen LogP contribution in [-0.2, 0) is 9.53 Å². The highest BCUT2D eigenvalue weighted by Crippen LogP contribution is 2.35. The van der Waals surface area contributed by atoms with Crippen LogP contribution in [0.3, 0.4) is 0 Å². The lowest BCUT2D eigenvalue weighted by Crippen LogP contribution is -2.45. The fraction of sp³-hybridized carbons (Fsp3) is 0.929. The summed E-state index contributed by atoms with van der Waals surface area (Å²) < 4.78 is 4.89. The van der Waals surface area contributed by atoms with Crippen molar-refractivity contribution in [1.29, 1.82) is 0 Å². The van der Waals surface area contributed by atoms with Crippen LogP contribution >= 0.6 is 0 Å². The van der Waals surface area contributed by atoms with E-state index in [-0.39, 0.29) is 5.91 Å². The van der Waals surface area contributed by atoms with Gasteiger partial charge < -0.3 is 15.4 Å². The molecular formula is C14H28N2O2. The minimum atomic E-state index is 0.105. The molecule has 0 aliphatic heterocycles. The highest BCUT2D eigenvalue weighted by molar-refractivity contribution is 5.76. The summed E-state index contributed by atoms with van der Waals surface area (Å²) in [4.78, 5) is 11.5. The highest BCUT2D eigenvalue weighted by Gasteiger charge is 2.31. The van der Waals surface area contributed by atoms with Crippen molar-refractivity contribution in [2.24, 2.45) is 5.41 Å². The normalized spacial score (nSPS) is 22.7. The van der Waals surface area contributed by atoms with Crippen molar-refractivity contribution in [3.8, 4) is 0 Å². The number of carbonyl (C=O) groups excluding carboxylic acids is 1. The van der Waals surface area contributed by atoms with E-state index in [1.54, 1.807) is 7.11 Å². The van der Waals surface area contributed by atoms with Gasteiger partial charge in [-0.15, -0.1) is 0 Å². The fourth-order valence-corrected chi connectivity index (χ4v) is 2.61. The van der Waals surface area contributed by atoms with Crippen LogP contribution in [0.2, 0.25) is 0 Å². The van der Waals surface area contributed by atoms with E-state index < -0.39 is 0 Å². The molecule has 1 fully saturated rings. The second-order valence-electron chi connectivity index (χ2n) is 5.83. The molecular weight excluding hydrogens is 228 g/mol. The maximum Gasteiger partial charge on any atom is 0.221 e. The standard InChI is InChI=1S/C14H28N2O2/c1-14(2)8-5-4-6-12(14)15-9-7-13(17)16-10-11-18-3/h12,15H,4-11H2,1-3H3,(H,16,17). The molecule has 0 aromatic heterocycles. The second-order valence-corrected chi connectivity index (χ2v) is 5.83. The zero-order chi connectivity index (χ0) is 13.4. The third-order valence-corrected chi connectivity index (χ3v) is 3.88. The quantitative estimate of drug-likeness (QED) is 0.682. The summed E-state index contributed by atoms with van der Waals surface area (Å²) in [5.74, 6) is 0.105. The van der Waals surface area contributed by atoms with Crippen LogP contribution < -0.4 is 10.6 Å². The number of hydrogen-bond donors (Lipinski definition) is 2. The topological polar surface area (TPSA) is 50.4 Å². The summed E-state index contributed by atoms with van der Waals surface area (Å²) in [6.07, 6.45) is 5.71. The van der Waals surface area contributed by atoms with Gasteiger partial charge in [-0.05, 0) is 18.3 Å². The largest absolute Gasteiger partial charge is 0.383 e. The summed E-state index contributed by atoms with van der Waals surface area (Å²) in [7, 11) is 1.64. The number of hydrogen-bond acceptors (Lipinski definition) is 3. The van der Waals surface area contributed by atoms with Crippen molar-refractivity contribution in [2.75, 3.05) is 26.8 Å². The Morgan fingerprint density at radius 1 is 1.33 bits per heavy atom. The molecule has 4 nitrogen and oxygen atoms in total. The van der Waals surface area contributed by atoms with Crippen molar-refractivity contribution in [3.05, 3.63) is 0 Å². The lowest BCUT2D eigenvalue weighted by molar-refractivity contribution is -0.121. The summed E-state index contributed by atoms with van der Waals surface area (Å²) in [5.41, 5.74) is 0.366. The third kappa shape index (κ3) is 5.36. The van der Waals surface area contributed by atoms with Gasteiger partial charge in [-0.1, -0.05) is 26.7 Å². The number of amides is 1. The minimum absolute atomic E-state index is 0.105. The van der Waals surface area contributed by atoms with Gasteiger partial charge in [-0.3, -0.25) is 4.79 Å². The first-order valence-corrected chi connectivity index (χ1v) is 7.05. The molecule has 1 amide bonds. The van der Waals surface area contributed by atoms with Crippen LogP contribution in [0.1, 0.15) is 46.0 Å². The van der Waals surface area contributed by atoms with Crippen LogP contribution in [0.15, 0.2) is 0 Å². The minimum Gasteiger partial charge on any atom is -0.383 e.